The molecule has 3 nitrogen and oxygen atoms in total. The van der Waals surface area contributed by atoms with E-state index in [4.69, 9.17) is 0 Å². The number of rotatable bonds is 3. The Morgan fingerprint density at radius 1 is 1.27 bits per heavy atom. The highest BCUT2D eigenvalue weighted by atomic mass is 19.4. The van der Waals surface area contributed by atoms with Gasteiger partial charge in [0.2, 0.25) is 0 Å². The van der Waals surface area contributed by atoms with Gasteiger partial charge in [0.1, 0.15) is 5.75 Å². The lowest BCUT2D eigenvalue weighted by Crippen LogP contribution is -2.48. The molecule has 0 aromatic heterocycles. The van der Waals surface area contributed by atoms with Gasteiger partial charge in [-0.2, -0.15) is 13.2 Å². The van der Waals surface area contributed by atoms with Crippen LogP contribution in [0, 0.1) is 11.8 Å². The first-order chi connectivity index (χ1) is 10.1. The van der Waals surface area contributed by atoms with Gasteiger partial charge >= 0.3 is 6.18 Å². The molecule has 1 saturated carbocycles. The minimum atomic E-state index is -4.31. The number of hydrogen-bond donors (Lipinski definition) is 2. The minimum absolute atomic E-state index is 0.0309. The molecule has 3 atom stereocenters. The van der Waals surface area contributed by atoms with Crippen LogP contribution >= 0.6 is 0 Å². The van der Waals surface area contributed by atoms with Gasteiger partial charge in [-0.3, -0.25) is 0 Å². The predicted octanol–water partition coefficient (Wildman–Crippen LogP) is 3.12. The monoisotopic (exact) mass is 317 g/mol. The Kier molecular flexibility index (Phi) is 4.73. The fourth-order valence-electron chi connectivity index (χ4n) is 3.38. The molecule has 3 unspecified atom stereocenters. The maximum absolute atomic E-state index is 13.1. The van der Waals surface area contributed by atoms with E-state index in [-0.39, 0.29) is 24.5 Å². The van der Waals surface area contributed by atoms with E-state index in [9.17, 15) is 23.4 Å². The maximum atomic E-state index is 13.1. The Bertz CT molecular complexity index is 518. The van der Waals surface area contributed by atoms with Crippen LogP contribution in [-0.2, 0) is 5.60 Å². The normalized spacial score (nSPS) is 29.8. The lowest BCUT2D eigenvalue weighted by atomic mass is 9.67. The number of halogens is 3. The van der Waals surface area contributed by atoms with Crippen molar-refractivity contribution in [3.63, 3.8) is 0 Å². The van der Waals surface area contributed by atoms with Crippen LogP contribution in [0.3, 0.4) is 0 Å². The number of nitrogens with zero attached hydrogens (tertiary/aromatic N) is 1. The molecule has 0 aliphatic heterocycles. The van der Waals surface area contributed by atoms with Crippen LogP contribution in [0.25, 0.3) is 0 Å². The number of aliphatic hydroxyl groups is 1. The molecular weight excluding hydrogens is 295 g/mol. The van der Waals surface area contributed by atoms with Crippen molar-refractivity contribution < 1.29 is 23.4 Å². The van der Waals surface area contributed by atoms with Gasteiger partial charge in [-0.15, -0.1) is 0 Å². The minimum Gasteiger partial charge on any atom is -0.508 e. The van der Waals surface area contributed by atoms with Crippen LogP contribution in [0.2, 0.25) is 0 Å². The highest BCUT2D eigenvalue weighted by Gasteiger charge is 2.51. The first-order valence-electron chi connectivity index (χ1n) is 7.36. The van der Waals surface area contributed by atoms with E-state index in [1.807, 2.05) is 19.0 Å². The van der Waals surface area contributed by atoms with Crippen LogP contribution < -0.4 is 0 Å². The van der Waals surface area contributed by atoms with Crippen molar-refractivity contribution in [2.75, 3.05) is 20.6 Å². The van der Waals surface area contributed by atoms with Crippen LogP contribution in [0.15, 0.2) is 24.3 Å². The third-order valence-electron chi connectivity index (χ3n) is 4.49. The van der Waals surface area contributed by atoms with Gasteiger partial charge in [-0.05, 0) is 51.1 Å². The lowest BCUT2D eigenvalue weighted by Gasteiger charge is -2.45. The van der Waals surface area contributed by atoms with Crippen molar-refractivity contribution >= 4 is 0 Å². The third kappa shape index (κ3) is 3.55. The van der Waals surface area contributed by atoms with Crippen LogP contribution in [0.5, 0.6) is 5.75 Å². The number of benzene rings is 1. The highest BCUT2D eigenvalue weighted by Crippen LogP contribution is 2.49. The van der Waals surface area contributed by atoms with Crippen molar-refractivity contribution in [3.8, 4) is 5.75 Å². The highest BCUT2D eigenvalue weighted by molar-refractivity contribution is 5.32. The molecule has 1 aliphatic carbocycles. The zero-order chi connectivity index (χ0) is 16.5. The Morgan fingerprint density at radius 2 is 1.95 bits per heavy atom. The summed E-state index contributed by atoms with van der Waals surface area (Å²) in [7, 11) is 3.66. The van der Waals surface area contributed by atoms with E-state index in [0.29, 0.717) is 18.5 Å². The fraction of sp³-hybridized carbons (Fsp3) is 0.625. The molecule has 1 fully saturated rings. The van der Waals surface area contributed by atoms with Crippen molar-refractivity contribution in [1.82, 2.24) is 4.90 Å². The molecule has 2 rings (SSSR count). The molecule has 0 radical (unpaired) electrons. The molecule has 124 valence electrons. The maximum Gasteiger partial charge on any atom is 0.391 e. The average molecular weight is 317 g/mol. The zero-order valence-electron chi connectivity index (χ0n) is 12.8. The molecule has 0 heterocycles. The van der Waals surface area contributed by atoms with Crippen molar-refractivity contribution in [3.05, 3.63) is 29.8 Å². The Labute approximate surface area is 128 Å². The lowest BCUT2D eigenvalue weighted by molar-refractivity contribution is -0.212. The quantitative estimate of drug-likeness (QED) is 0.900. The first kappa shape index (κ1) is 17.1. The van der Waals surface area contributed by atoms with E-state index >= 15 is 0 Å². The van der Waals surface area contributed by atoms with Gasteiger partial charge in [0, 0.05) is 12.5 Å². The van der Waals surface area contributed by atoms with E-state index in [0.717, 1.165) is 0 Å². The van der Waals surface area contributed by atoms with Gasteiger partial charge in [0.25, 0.3) is 0 Å². The molecule has 0 bridgehead atoms. The molecule has 2 N–H and O–H groups in total. The van der Waals surface area contributed by atoms with Crippen molar-refractivity contribution in [2.24, 2.45) is 11.8 Å². The largest absolute Gasteiger partial charge is 0.508 e. The molecule has 6 heteroatoms. The summed E-state index contributed by atoms with van der Waals surface area (Å²) in [6, 6.07) is 5.94. The Morgan fingerprint density at radius 3 is 2.50 bits per heavy atom. The van der Waals surface area contributed by atoms with E-state index < -0.39 is 17.7 Å². The molecule has 1 aromatic carbocycles. The fourth-order valence-corrected chi connectivity index (χ4v) is 3.38. The Balaban J connectivity index is 2.37. The summed E-state index contributed by atoms with van der Waals surface area (Å²) in [5, 5.41) is 20.7. The van der Waals surface area contributed by atoms with Gasteiger partial charge in [0.05, 0.1) is 11.5 Å². The molecule has 0 amide bonds. The molecule has 1 aromatic rings. The standard InChI is InChI=1S/C16H22F3NO2/c1-20(2)10-13-7-6-12(16(17,18)19)9-15(13,22)11-4-3-5-14(21)8-11/h3-5,8,12-13,21-22H,6-7,9-10H2,1-2H3. The SMILES string of the molecule is CN(C)CC1CCC(C(F)(F)F)CC1(O)c1cccc(O)c1. The second-order valence-electron chi connectivity index (χ2n) is 6.45. The predicted molar refractivity (Wildman–Crippen MR) is 77.4 cm³/mol. The van der Waals surface area contributed by atoms with Gasteiger partial charge in [0.15, 0.2) is 0 Å². The summed E-state index contributed by atoms with van der Waals surface area (Å²) < 4.78 is 39.3. The van der Waals surface area contributed by atoms with Gasteiger partial charge in [-0.25, -0.2) is 0 Å². The molecule has 22 heavy (non-hydrogen) atoms. The van der Waals surface area contributed by atoms with Crippen LogP contribution in [0.4, 0.5) is 13.2 Å². The van der Waals surface area contributed by atoms with Crippen LogP contribution in [-0.4, -0.2) is 41.9 Å². The topological polar surface area (TPSA) is 43.7 Å². The average Bonchev–Trinajstić information content (AvgIpc) is 2.39. The zero-order valence-corrected chi connectivity index (χ0v) is 12.8. The number of phenolic OH excluding ortho intramolecular Hbond substituents is 1. The summed E-state index contributed by atoms with van der Waals surface area (Å²) in [5.74, 6) is -1.87. The second kappa shape index (κ2) is 6.08. The molecule has 0 saturated heterocycles. The second-order valence-corrected chi connectivity index (χ2v) is 6.45. The number of alkyl halides is 3. The summed E-state index contributed by atoms with van der Waals surface area (Å²) >= 11 is 0. The number of phenols is 1. The Hall–Kier alpha value is -1.27. The molecular formula is C16H22F3NO2. The van der Waals surface area contributed by atoms with Crippen molar-refractivity contribution in [1.29, 1.82) is 0 Å². The van der Waals surface area contributed by atoms with E-state index in [2.05, 4.69) is 0 Å². The van der Waals surface area contributed by atoms with Crippen LogP contribution in [0.1, 0.15) is 24.8 Å². The molecule has 0 spiro atoms. The summed E-state index contributed by atoms with van der Waals surface area (Å²) in [6.07, 6.45) is -4.34. The van der Waals surface area contributed by atoms with Crippen molar-refractivity contribution in [2.45, 2.75) is 31.0 Å². The molecule has 1 aliphatic rings. The van der Waals surface area contributed by atoms with E-state index in [1.54, 1.807) is 12.1 Å². The van der Waals surface area contributed by atoms with Gasteiger partial charge in [-0.1, -0.05) is 12.1 Å². The smallest absolute Gasteiger partial charge is 0.391 e. The van der Waals surface area contributed by atoms with E-state index in [1.165, 1.54) is 12.1 Å². The number of aromatic hydroxyl groups is 1. The first-order valence-corrected chi connectivity index (χ1v) is 7.36. The van der Waals surface area contributed by atoms with Gasteiger partial charge < -0.3 is 15.1 Å². The number of hydrogen-bond acceptors (Lipinski definition) is 3. The third-order valence-corrected chi connectivity index (χ3v) is 4.49. The summed E-state index contributed by atoms with van der Waals surface area (Å²) in [6.45, 7) is 0.497. The summed E-state index contributed by atoms with van der Waals surface area (Å²) in [5.41, 5.74) is -1.23. The summed E-state index contributed by atoms with van der Waals surface area (Å²) in [4.78, 5) is 1.87.